The van der Waals surface area contributed by atoms with Gasteiger partial charge in [-0.1, -0.05) is 11.3 Å². The second kappa shape index (κ2) is 11.3. The first-order valence-corrected chi connectivity index (χ1v) is 13.3. The maximum absolute atomic E-state index is 12.9. The van der Waals surface area contributed by atoms with Crippen LogP contribution in [-0.4, -0.2) is 62.6 Å². The van der Waals surface area contributed by atoms with Gasteiger partial charge in [0.1, 0.15) is 0 Å². The smallest absolute Gasteiger partial charge is 0.338 e. The van der Waals surface area contributed by atoms with E-state index in [9.17, 15) is 18.0 Å². The molecule has 35 heavy (non-hydrogen) atoms. The van der Waals surface area contributed by atoms with E-state index in [-0.39, 0.29) is 23.1 Å². The average Bonchev–Trinajstić information content (AvgIpc) is 3.18. The van der Waals surface area contributed by atoms with Crippen LogP contribution in [0.2, 0.25) is 0 Å². The van der Waals surface area contributed by atoms with Gasteiger partial charge in [0.15, 0.2) is 4.80 Å². The number of thiazole rings is 1. The number of ether oxygens (including phenoxy) is 2. The van der Waals surface area contributed by atoms with E-state index in [1.54, 1.807) is 46.1 Å². The number of nitrogens with zero attached hydrogens (tertiary/aromatic N) is 3. The van der Waals surface area contributed by atoms with Crippen molar-refractivity contribution in [2.45, 2.75) is 38.3 Å². The molecular formula is C24H29N3O6S2. The quantitative estimate of drug-likeness (QED) is 0.402. The van der Waals surface area contributed by atoms with Gasteiger partial charge in [-0.05, 0) is 63.2 Å². The Kier molecular flexibility index (Phi) is 8.60. The molecule has 2 aromatic carbocycles. The summed E-state index contributed by atoms with van der Waals surface area (Å²) in [5, 5.41) is 0. The second-order valence-electron chi connectivity index (χ2n) is 7.99. The van der Waals surface area contributed by atoms with Crippen LogP contribution in [0.5, 0.6) is 0 Å². The van der Waals surface area contributed by atoms with E-state index in [2.05, 4.69) is 4.99 Å². The maximum atomic E-state index is 12.9. The average molecular weight is 520 g/mol. The maximum Gasteiger partial charge on any atom is 0.338 e. The lowest BCUT2D eigenvalue weighted by molar-refractivity contribution is 0.0526. The Bertz CT molecular complexity index is 1390. The van der Waals surface area contributed by atoms with Gasteiger partial charge in [-0.15, -0.1) is 0 Å². The number of hydrogen-bond acceptors (Lipinski definition) is 7. The molecule has 0 radical (unpaired) electrons. The van der Waals surface area contributed by atoms with Gasteiger partial charge in [0.25, 0.3) is 5.91 Å². The van der Waals surface area contributed by atoms with E-state index in [0.29, 0.717) is 23.5 Å². The number of esters is 1. The summed E-state index contributed by atoms with van der Waals surface area (Å²) >= 11 is 1.27. The third-order valence-corrected chi connectivity index (χ3v) is 8.50. The number of aromatic nitrogens is 1. The molecule has 0 bridgehead atoms. The van der Waals surface area contributed by atoms with Crippen molar-refractivity contribution in [3.8, 4) is 0 Å². The lowest BCUT2D eigenvalue weighted by Gasteiger charge is -2.20. The van der Waals surface area contributed by atoms with Gasteiger partial charge in [-0.3, -0.25) is 4.79 Å². The molecule has 1 heterocycles. The minimum atomic E-state index is -3.65. The van der Waals surface area contributed by atoms with E-state index in [4.69, 9.17) is 9.47 Å². The Morgan fingerprint density at radius 1 is 1.11 bits per heavy atom. The Balaban J connectivity index is 2.00. The number of fused-ring (bicyclic) bond motifs is 1. The first-order valence-electron chi connectivity index (χ1n) is 11.1. The van der Waals surface area contributed by atoms with Crippen LogP contribution in [0.4, 0.5) is 0 Å². The molecule has 11 heteroatoms. The molecular weight excluding hydrogens is 490 g/mol. The van der Waals surface area contributed by atoms with Gasteiger partial charge in [0, 0.05) is 32.3 Å². The summed E-state index contributed by atoms with van der Waals surface area (Å²) in [6, 6.07) is 10.7. The molecule has 9 nitrogen and oxygen atoms in total. The van der Waals surface area contributed by atoms with Gasteiger partial charge in [0.05, 0.1) is 33.9 Å². The summed E-state index contributed by atoms with van der Waals surface area (Å²) in [7, 11) is -0.550. The van der Waals surface area contributed by atoms with Crippen molar-refractivity contribution in [1.29, 1.82) is 0 Å². The predicted molar refractivity (Wildman–Crippen MR) is 134 cm³/mol. The number of hydrogen-bond donors (Lipinski definition) is 0. The van der Waals surface area contributed by atoms with Crippen LogP contribution < -0.4 is 4.80 Å². The van der Waals surface area contributed by atoms with E-state index >= 15 is 0 Å². The molecule has 1 amide bonds. The zero-order valence-corrected chi connectivity index (χ0v) is 22.0. The molecule has 3 aromatic rings. The molecule has 0 saturated carbocycles. The highest BCUT2D eigenvalue weighted by molar-refractivity contribution is 7.89. The van der Waals surface area contributed by atoms with Gasteiger partial charge in [0.2, 0.25) is 10.0 Å². The van der Waals surface area contributed by atoms with Crippen molar-refractivity contribution in [1.82, 2.24) is 8.87 Å². The van der Waals surface area contributed by atoms with Gasteiger partial charge in [-0.25, -0.2) is 13.2 Å². The molecule has 0 unspecified atom stereocenters. The van der Waals surface area contributed by atoms with Crippen LogP contribution >= 0.6 is 11.3 Å². The number of amides is 1. The van der Waals surface area contributed by atoms with Gasteiger partial charge >= 0.3 is 5.97 Å². The summed E-state index contributed by atoms with van der Waals surface area (Å²) in [5.74, 6) is -0.923. The SMILES string of the molecule is CCOC(=O)c1ccc2c(c1)sc(=NC(=O)c1ccc(S(=O)(=O)N(C)C(C)C)cc1)n2CCOC. The monoisotopic (exact) mass is 519 g/mol. The first-order chi connectivity index (χ1) is 16.6. The predicted octanol–water partition coefficient (Wildman–Crippen LogP) is 3.30. The zero-order chi connectivity index (χ0) is 25.8. The van der Waals surface area contributed by atoms with Crippen molar-refractivity contribution in [3.05, 3.63) is 58.4 Å². The lowest BCUT2D eigenvalue weighted by atomic mass is 10.2. The molecule has 0 aliphatic heterocycles. The number of benzene rings is 2. The Morgan fingerprint density at radius 3 is 2.37 bits per heavy atom. The van der Waals surface area contributed by atoms with Crippen LogP contribution in [0.3, 0.4) is 0 Å². The fourth-order valence-electron chi connectivity index (χ4n) is 3.26. The van der Waals surface area contributed by atoms with Crippen molar-refractivity contribution < 1.29 is 27.5 Å². The minimum absolute atomic E-state index is 0.105. The van der Waals surface area contributed by atoms with Crippen molar-refractivity contribution in [2.24, 2.45) is 4.99 Å². The fraction of sp³-hybridized carbons (Fsp3) is 0.375. The number of sulfonamides is 1. The Hall–Kier alpha value is -2.86. The van der Waals surface area contributed by atoms with E-state index in [0.717, 1.165) is 10.2 Å². The topological polar surface area (TPSA) is 107 Å². The molecule has 1 aromatic heterocycles. The van der Waals surface area contributed by atoms with Crippen molar-refractivity contribution in [3.63, 3.8) is 0 Å². The van der Waals surface area contributed by atoms with Crippen LogP contribution in [0.1, 0.15) is 41.5 Å². The van der Waals surface area contributed by atoms with Crippen LogP contribution in [0.25, 0.3) is 10.2 Å². The van der Waals surface area contributed by atoms with E-state index < -0.39 is 21.9 Å². The molecule has 0 spiro atoms. The largest absolute Gasteiger partial charge is 0.462 e. The molecule has 0 aliphatic rings. The van der Waals surface area contributed by atoms with Gasteiger partial charge < -0.3 is 14.0 Å². The minimum Gasteiger partial charge on any atom is -0.462 e. The van der Waals surface area contributed by atoms with Crippen LogP contribution in [0.15, 0.2) is 52.4 Å². The summed E-state index contributed by atoms with van der Waals surface area (Å²) in [4.78, 5) is 29.9. The zero-order valence-electron chi connectivity index (χ0n) is 20.3. The number of rotatable bonds is 9. The lowest BCUT2D eigenvalue weighted by Crippen LogP contribution is -2.33. The van der Waals surface area contributed by atoms with E-state index in [1.165, 1.54) is 47.0 Å². The normalized spacial score (nSPS) is 12.6. The third-order valence-electron chi connectivity index (χ3n) is 5.42. The highest BCUT2D eigenvalue weighted by Crippen LogP contribution is 2.21. The van der Waals surface area contributed by atoms with E-state index in [1.807, 2.05) is 4.57 Å². The highest BCUT2D eigenvalue weighted by Gasteiger charge is 2.23. The number of carbonyl (C=O) groups excluding carboxylic acids is 2. The highest BCUT2D eigenvalue weighted by atomic mass is 32.2. The van der Waals surface area contributed by atoms with Crippen molar-refractivity contribution in [2.75, 3.05) is 27.4 Å². The fourth-order valence-corrected chi connectivity index (χ4v) is 5.72. The Morgan fingerprint density at radius 2 is 1.77 bits per heavy atom. The Labute approximate surface area is 208 Å². The summed E-state index contributed by atoms with van der Waals surface area (Å²) < 4.78 is 39.5. The standard InChI is InChI=1S/C24H29N3O6S2/c1-6-33-23(29)18-9-12-20-21(15-18)34-24(27(20)13-14-32-5)25-22(28)17-7-10-19(11-8-17)35(30,31)26(4)16(2)3/h7-12,15-16H,6,13-14H2,1-5H3. The van der Waals surface area contributed by atoms with Gasteiger partial charge in [-0.2, -0.15) is 9.30 Å². The molecule has 188 valence electrons. The summed E-state index contributed by atoms with van der Waals surface area (Å²) in [5.41, 5.74) is 1.49. The summed E-state index contributed by atoms with van der Waals surface area (Å²) in [6.45, 7) is 6.45. The van der Waals surface area contributed by atoms with Crippen LogP contribution in [-0.2, 0) is 26.0 Å². The molecule has 0 atom stereocenters. The molecule has 0 aliphatic carbocycles. The van der Waals surface area contributed by atoms with Crippen molar-refractivity contribution >= 4 is 43.5 Å². The third kappa shape index (κ3) is 5.87. The molecule has 0 fully saturated rings. The first kappa shape index (κ1) is 26.7. The summed E-state index contributed by atoms with van der Waals surface area (Å²) in [6.07, 6.45) is 0. The van der Waals surface area contributed by atoms with Crippen LogP contribution in [0, 0.1) is 0 Å². The molecule has 0 N–H and O–H groups in total. The molecule has 0 saturated heterocycles. The molecule has 3 rings (SSSR count). The second-order valence-corrected chi connectivity index (χ2v) is 11.0. The number of carbonyl (C=O) groups is 2. The number of methoxy groups -OCH3 is 1.